The van der Waals surface area contributed by atoms with Crippen LogP contribution in [0.1, 0.15) is 11.1 Å². The highest BCUT2D eigenvalue weighted by molar-refractivity contribution is 5.78. The molecule has 0 spiro atoms. The van der Waals surface area contributed by atoms with Crippen LogP contribution in [0.15, 0.2) is 48.8 Å². The third-order valence-electron chi connectivity index (χ3n) is 4.58. The number of pyridine rings is 1. The second-order valence-electron chi connectivity index (χ2n) is 6.69. The maximum Gasteiger partial charge on any atom is 0.387 e. The Balaban J connectivity index is 1.65. The van der Waals surface area contributed by atoms with Gasteiger partial charge in [0.15, 0.2) is 0 Å². The molecule has 8 heteroatoms. The summed E-state index contributed by atoms with van der Waals surface area (Å²) < 4.78 is 34.5. The van der Waals surface area contributed by atoms with Gasteiger partial charge in [-0.2, -0.15) is 8.78 Å². The maximum absolute atomic E-state index is 12.8. The summed E-state index contributed by atoms with van der Waals surface area (Å²) in [6.07, 6.45) is 3.33. The van der Waals surface area contributed by atoms with Crippen molar-refractivity contribution in [1.82, 2.24) is 14.8 Å². The first-order valence-corrected chi connectivity index (χ1v) is 8.99. The third-order valence-corrected chi connectivity index (χ3v) is 4.58. The Morgan fingerprint density at radius 3 is 2.57 bits per heavy atom. The monoisotopic (exact) mass is 391 g/mol. The van der Waals surface area contributed by atoms with E-state index in [1.54, 1.807) is 36.5 Å². The molecule has 1 atom stereocenters. The van der Waals surface area contributed by atoms with E-state index in [2.05, 4.69) is 9.72 Å². The zero-order chi connectivity index (χ0) is 19.9. The van der Waals surface area contributed by atoms with E-state index in [1.165, 1.54) is 12.1 Å². The molecule has 0 bridgehead atoms. The van der Waals surface area contributed by atoms with Gasteiger partial charge < -0.3 is 14.4 Å². The molecular weight excluding hydrogens is 368 g/mol. The summed E-state index contributed by atoms with van der Waals surface area (Å²) in [5.74, 6) is 0.129. The van der Waals surface area contributed by atoms with Gasteiger partial charge in [-0.3, -0.25) is 14.7 Å². The van der Waals surface area contributed by atoms with Crippen LogP contribution in [0.5, 0.6) is 5.75 Å². The highest BCUT2D eigenvalue weighted by atomic mass is 19.3. The number of alkyl halides is 2. The lowest BCUT2D eigenvalue weighted by molar-refractivity contribution is -0.132. The topological polar surface area (TPSA) is 54.9 Å². The fourth-order valence-corrected chi connectivity index (χ4v) is 3.22. The molecule has 1 aliphatic rings. The van der Waals surface area contributed by atoms with E-state index in [4.69, 9.17) is 4.74 Å². The standard InChI is InChI=1S/C20H23F2N3O3/c1-27-18-12-24(10-15-4-6-17(7-5-15)28-20(21)22)14-19(26)25(13-18)11-16-3-2-8-23-9-16/h2-9,18,20H,10-14H2,1H3/t18-/m0/s1. The first kappa shape index (κ1) is 20.2. The maximum atomic E-state index is 12.8. The average Bonchev–Trinajstić information content (AvgIpc) is 2.82. The summed E-state index contributed by atoms with van der Waals surface area (Å²) in [5, 5.41) is 0. The lowest BCUT2D eigenvalue weighted by Gasteiger charge is -2.23. The van der Waals surface area contributed by atoms with Crippen LogP contribution in [-0.4, -0.2) is 60.2 Å². The minimum atomic E-state index is -2.85. The molecule has 28 heavy (non-hydrogen) atoms. The molecule has 0 radical (unpaired) electrons. The summed E-state index contributed by atoms with van der Waals surface area (Å²) in [4.78, 5) is 20.6. The minimum Gasteiger partial charge on any atom is -0.435 e. The van der Waals surface area contributed by atoms with Crippen molar-refractivity contribution >= 4 is 5.91 Å². The number of ether oxygens (including phenoxy) is 2. The number of halogens is 2. The SMILES string of the molecule is CO[C@H]1CN(Cc2ccc(OC(F)F)cc2)CC(=O)N(Cc2cccnc2)C1. The van der Waals surface area contributed by atoms with Gasteiger partial charge in [0, 0.05) is 45.7 Å². The highest BCUT2D eigenvalue weighted by Crippen LogP contribution is 2.18. The van der Waals surface area contributed by atoms with Crippen LogP contribution in [0.25, 0.3) is 0 Å². The minimum absolute atomic E-state index is 0.0149. The Hall–Kier alpha value is -2.58. The Kier molecular flexibility index (Phi) is 6.89. The molecule has 1 aliphatic heterocycles. The van der Waals surface area contributed by atoms with Crippen molar-refractivity contribution in [3.63, 3.8) is 0 Å². The fourth-order valence-electron chi connectivity index (χ4n) is 3.22. The Morgan fingerprint density at radius 2 is 1.93 bits per heavy atom. The molecule has 2 aromatic rings. The molecule has 3 rings (SSSR count). The van der Waals surface area contributed by atoms with Crippen LogP contribution in [0.3, 0.4) is 0 Å². The highest BCUT2D eigenvalue weighted by Gasteiger charge is 2.28. The van der Waals surface area contributed by atoms with Crippen LogP contribution in [0.2, 0.25) is 0 Å². The first-order valence-electron chi connectivity index (χ1n) is 8.99. The Morgan fingerprint density at radius 1 is 1.14 bits per heavy atom. The van der Waals surface area contributed by atoms with E-state index in [9.17, 15) is 13.6 Å². The summed E-state index contributed by atoms with van der Waals surface area (Å²) in [6, 6.07) is 10.2. The molecule has 6 nitrogen and oxygen atoms in total. The largest absolute Gasteiger partial charge is 0.435 e. The van der Waals surface area contributed by atoms with Crippen molar-refractivity contribution in [1.29, 1.82) is 0 Å². The zero-order valence-corrected chi connectivity index (χ0v) is 15.6. The van der Waals surface area contributed by atoms with Crippen molar-refractivity contribution in [2.75, 3.05) is 26.7 Å². The zero-order valence-electron chi connectivity index (χ0n) is 15.6. The number of carbonyl (C=O) groups excluding carboxylic acids is 1. The molecule has 1 aromatic heterocycles. The van der Waals surface area contributed by atoms with Crippen LogP contribution in [0, 0.1) is 0 Å². The lowest BCUT2D eigenvalue weighted by Crippen LogP contribution is -2.37. The predicted octanol–water partition coefficient (Wildman–Crippen LogP) is 2.54. The number of rotatable bonds is 7. The number of hydrogen-bond donors (Lipinski definition) is 0. The van der Waals surface area contributed by atoms with Crippen LogP contribution in [-0.2, 0) is 22.6 Å². The summed E-state index contributed by atoms with van der Waals surface area (Å²) in [6.45, 7) is -0.484. The number of methoxy groups -OCH3 is 1. The third kappa shape index (κ3) is 5.71. The first-order chi connectivity index (χ1) is 13.5. The lowest BCUT2D eigenvalue weighted by atomic mass is 10.2. The van der Waals surface area contributed by atoms with Crippen molar-refractivity contribution in [3.05, 3.63) is 59.9 Å². The molecule has 2 heterocycles. The van der Waals surface area contributed by atoms with Gasteiger partial charge in [0.05, 0.1) is 12.6 Å². The molecule has 1 saturated heterocycles. The van der Waals surface area contributed by atoms with Gasteiger partial charge in [-0.1, -0.05) is 18.2 Å². The van der Waals surface area contributed by atoms with Gasteiger partial charge >= 0.3 is 6.61 Å². The molecule has 0 aliphatic carbocycles. The summed E-state index contributed by atoms with van der Waals surface area (Å²) >= 11 is 0. The predicted molar refractivity (Wildman–Crippen MR) is 98.8 cm³/mol. The van der Waals surface area contributed by atoms with Gasteiger partial charge in [0.25, 0.3) is 0 Å². The fraction of sp³-hybridized carbons (Fsp3) is 0.400. The Labute approximate surface area is 162 Å². The average molecular weight is 391 g/mol. The smallest absolute Gasteiger partial charge is 0.387 e. The van der Waals surface area contributed by atoms with E-state index < -0.39 is 6.61 Å². The van der Waals surface area contributed by atoms with Crippen LogP contribution >= 0.6 is 0 Å². The summed E-state index contributed by atoms with van der Waals surface area (Å²) in [7, 11) is 1.64. The van der Waals surface area contributed by atoms with Crippen molar-refractivity contribution in [3.8, 4) is 5.75 Å². The van der Waals surface area contributed by atoms with Gasteiger partial charge in [-0.05, 0) is 29.3 Å². The number of hydrogen-bond acceptors (Lipinski definition) is 5. The molecule has 0 N–H and O–H groups in total. The number of nitrogens with zero attached hydrogens (tertiary/aromatic N) is 3. The van der Waals surface area contributed by atoms with Crippen LogP contribution in [0.4, 0.5) is 8.78 Å². The molecule has 1 aromatic carbocycles. The van der Waals surface area contributed by atoms with Crippen molar-refractivity contribution < 1.29 is 23.0 Å². The molecule has 1 amide bonds. The summed E-state index contributed by atoms with van der Waals surface area (Å²) in [5.41, 5.74) is 1.87. The molecule has 0 unspecified atom stereocenters. The van der Waals surface area contributed by atoms with E-state index in [0.29, 0.717) is 26.2 Å². The van der Waals surface area contributed by atoms with E-state index in [0.717, 1.165) is 11.1 Å². The van der Waals surface area contributed by atoms with Crippen molar-refractivity contribution in [2.24, 2.45) is 0 Å². The van der Waals surface area contributed by atoms with Gasteiger partial charge in [0.1, 0.15) is 5.75 Å². The van der Waals surface area contributed by atoms with E-state index >= 15 is 0 Å². The second kappa shape index (κ2) is 9.57. The number of aromatic nitrogens is 1. The van der Waals surface area contributed by atoms with Gasteiger partial charge in [-0.25, -0.2) is 0 Å². The van der Waals surface area contributed by atoms with E-state index in [-0.39, 0.29) is 24.3 Å². The van der Waals surface area contributed by atoms with Gasteiger partial charge in [-0.15, -0.1) is 0 Å². The quantitative estimate of drug-likeness (QED) is 0.726. The van der Waals surface area contributed by atoms with Crippen molar-refractivity contribution in [2.45, 2.75) is 25.8 Å². The van der Waals surface area contributed by atoms with Crippen LogP contribution < -0.4 is 4.74 Å². The second-order valence-corrected chi connectivity index (χ2v) is 6.69. The van der Waals surface area contributed by atoms with Gasteiger partial charge in [0.2, 0.25) is 5.91 Å². The normalized spacial score (nSPS) is 18.4. The number of benzene rings is 1. The molecule has 1 fully saturated rings. The molecule has 150 valence electrons. The number of amides is 1. The molecule has 0 saturated carbocycles. The Bertz CT molecular complexity index is 759. The number of carbonyl (C=O) groups is 1. The van der Waals surface area contributed by atoms with E-state index in [1.807, 2.05) is 17.0 Å². The molecular formula is C20H23F2N3O3.